The molecule has 0 atom stereocenters. The van der Waals surface area contributed by atoms with Crippen LogP contribution in [0.1, 0.15) is 23.2 Å². The van der Waals surface area contributed by atoms with Gasteiger partial charge in [-0.15, -0.1) is 0 Å². The lowest BCUT2D eigenvalue weighted by Gasteiger charge is -2.23. The van der Waals surface area contributed by atoms with Gasteiger partial charge in [0.25, 0.3) is 0 Å². The van der Waals surface area contributed by atoms with Crippen molar-refractivity contribution >= 4 is 21.9 Å². The van der Waals surface area contributed by atoms with Crippen LogP contribution in [0.3, 0.4) is 0 Å². The van der Waals surface area contributed by atoms with Gasteiger partial charge in [-0.2, -0.15) is 0 Å². The van der Waals surface area contributed by atoms with Gasteiger partial charge in [-0.1, -0.05) is 0 Å². The van der Waals surface area contributed by atoms with Crippen molar-refractivity contribution in [2.45, 2.75) is 19.4 Å². The molecule has 0 bridgehead atoms. The number of ether oxygens (including phenoxy) is 1. The Hall–Kier alpha value is -2.06. The van der Waals surface area contributed by atoms with E-state index in [4.69, 9.17) is 4.74 Å². The molecule has 8 heteroatoms. The number of carboxylic acid groups (broad SMARTS) is 1. The van der Waals surface area contributed by atoms with E-state index >= 15 is 0 Å². The first-order chi connectivity index (χ1) is 11.5. The van der Waals surface area contributed by atoms with E-state index in [9.17, 15) is 14.7 Å². The molecule has 1 saturated heterocycles. The predicted molar refractivity (Wildman–Crippen MR) is 89.9 cm³/mol. The fraction of sp³-hybridized carbons (Fsp3) is 0.375. The van der Waals surface area contributed by atoms with Crippen LogP contribution in [-0.2, 0) is 11.3 Å². The lowest BCUT2D eigenvalue weighted by atomic mass is 10.00. The SMILES string of the molecule is O=C(O)c1cn(CC2CCOCC2)cc(-c2ncc(Br)cn2)c1=O. The van der Waals surface area contributed by atoms with E-state index in [1.807, 2.05) is 0 Å². The lowest BCUT2D eigenvalue weighted by molar-refractivity contribution is 0.0609. The molecule has 2 aromatic heterocycles. The van der Waals surface area contributed by atoms with Crippen molar-refractivity contribution in [1.82, 2.24) is 14.5 Å². The van der Waals surface area contributed by atoms with Crippen LogP contribution in [0.5, 0.6) is 0 Å². The average Bonchev–Trinajstić information content (AvgIpc) is 2.58. The summed E-state index contributed by atoms with van der Waals surface area (Å²) >= 11 is 3.24. The number of rotatable bonds is 4. The molecule has 0 aliphatic carbocycles. The summed E-state index contributed by atoms with van der Waals surface area (Å²) in [4.78, 5) is 32.1. The largest absolute Gasteiger partial charge is 0.477 e. The number of nitrogens with zero attached hydrogens (tertiary/aromatic N) is 3. The number of halogens is 1. The van der Waals surface area contributed by atoms with E-state index in [0.29, 0.717) is 30.1 Å². The molecule has 2 aromatic rings. The number of pyridine rings is 1. The molecular formula is C16H16BrN3O4. The third kappa shape index (κ3) is 3.70. The molecule has 0 saturated carbocycles. The quantitative estimate of drug-likeness (QED) is 0.855. The van der Waals surface area contributed by atoms with Gasteiger partial charge in [0.05, 0.1) is 10.0 Å². The molecule has 1 fully saturated rings. The van der Waals surface area contributed by atoms with Gasteiger partial charge in [-0.05, 0) is 34.7 Å². The topological polar surface area (TPSA) is 94.3 Å². The van der Waals surface area contributed by atoms with Gasteiger partial charge in [-0.3, -0.25) is 4.79 Å². The van der Waals surface area contributed by atoms with Gasteiger partial charge in [0.15, 0.2) is 5.82 Å². The molecule has 1 aliphatic rings. The summed E-state index contributed by atoms with van der Waals surface area (Å²) in [5.74, 6) is -0.645. The van der Waals surface area contributed by atoms with E-state index in [1.165, 1.54) is 18.6 Å². The van der Waals surface area contributed by atoms with Crippen LogP contribution in [0, 0.1) is 5.92 Å². The highest BCUT2D eigenvalue weighted by Crippen LogP contribution is 2.19. The van der Waals surface area contributed by atoms with Crippen molar-refractivity contribution < 1.29 is 14.6 Å². The summed E-state index contributed by atoms with van der Waals surface area (Å²) in [5.41, 5.74) is -0.659. The molecule has 24 heavy (non-hydrogen) atoms. The second-order valence-electron chi connectivity index (χ2n) is 5.70. The van der Waals surface area contributed by atoms with Crippen molar-refractivity contribution in [3.05, 3.63) is 45.0 Å². The molecule has 0 unspecified atom stereocenters. The molecule has 1 N–H and O–H groups in total. The van der Waals surface area contributed by atoms with Gasteiger partial charge in [0.2, 0.25) is 5.43 Å². The zero-order valence-corrected chi connectivity index (χ0v) is 14.4. The highest BCUT2D eigenvalue weighted by Gasteiger charge is 2.19. The Kier molecular flexibility index (Phi) is 5.06. The second-order valence-corrected chi connectivity index (χ2v) is 6.61. The third-order valence-electron chi connectivity index (χ3n) is 3.98. The Labute approximate surface area is 146 Å². The molecule has 3 heterocycles. The first-order valence-electron chi connectivity index (χ1n) is 7.57. The normalized spacial score (nSPS) is 15.4. The Morgan fingerprint density at radius 3 is 2.58 bits per heavy atom. The van der Waals surface area contributed by atoms with Crippen molar-refractivity contribution in [3.8, 4) is 11.4 Å². The summed E-state index contributed by atoms with van der Waals surface area (Å²) in [5, 5.41) is 9.33. The minimum atomic E-state index is -1.25. The Morgan fingerprint density at radius 1 is 1.29 bits per heavy atom. The molecule has 7 nitrogen and oxygen atoms in total. The monoisotopic (exact) mass is 393 g/mol. The summed E-state index contributed by atoms with van der Waals surface area (Å²) < 4.78 is 7.78. The average molecular weight is 394 g/mol. The summed E-state index contributed by atoms with van der Waals surface area (Å²) in [6.07, 6.45) is 7.91. The van der Waals surface area contributed by atoms with Crippen LogP contribution in [0.2, 0.25) is 0 Å². The Balaban J connectivity index is 2.01. The second kappa shape index (κ2) is 7.23. The molecule has 0 aromatic carbocycles. The van der Waals surface area contributed by atoms with Gasteiger partial charge in [0.1, 0.15) is 5.56 Å². The van der Waals surface area contributed by atoms with Crippen molar-refractivity contribution in [1.29, 1.82) is 0 Å². The molecule has 0 radical (unpaired) electrons. The van der Waals surface area contributed by atoms with E-state index in [1.54, 1.807) is 10.8 Å². The van der Waals surface area contributed by atoms with Crippen LogP contribution in [0.25, 0.3) is 11.4 Å². The minimum Gasteiger partial charge on any atom is -0.477 e. The van der Waals surface area contributed by atoms with Gasteiger partial charge in [0, 0.05) is 44.5 Å². The van der Waals surface area contributed by atoms with Crippen LogP contribution >= 0.6 is 15.9 Å². The molecule has 1 aliphatic heterocycles. The number of aromatic carboxylic acids is 1. The van der Waals surface area contributed by atoms with Gasteiger partial charge < -0.3 is 14.4 Å². The number of hydrogen-bond acceptors (Lipinski definition) is 5. The fourth-order valence-electron chi connectivity index (χ4n) is 2.73. The Bertz CT molecular complexity index is 798. The van der Waals surface area contributed by atoms with E-state index < -0.39 is 11.4 Å². The van der Waals surface area contributed by atoms with Crippen LogP contribution in [-0.4, -0.2) is 38.8 Å². The molecule has 3 rings (SSSR count). The maximum absolute atomic E-state index is 12.4. The first-order valence-corrected chi connectivity index (χ1v) is 8.37. The number of carbonyl (C=O) groups is 1. The molecular weight excluding hydrogens is 378 g/mol. The highest BCUT2D eigenvalue weighted by molar-refractivity contribution is 9.10. The van der Waals surface area contributed by atoms with Crippen molar-refractivity contribution in [2.75, 3.05) is 13.2 Å². The lowest BCUT2D eigenvalue weighted by Crippen LogP contribution is -2.24. The highest BCUT2D eigenvalue weighted by atomic mass is 79.9. The van der Waals surface area contributed by atoms with Gasteiger partial charge >= 0.3 is 5.97 Å². The zero-order valence-electron chi connectivity index (χ0n) is 12.8. The van der Waals surface area contributed by atoms with Crippen molar-refractivity contribution in [3.63, 3.8) is 0 Å². The number of aromatic nitrogens is 3. The number of carboxylic acids is 1. The fourth-order valence-corrected chi connectivity index (χ4v) is 2.93. The van der Waals surface area contributed by atoms with E-state index in [2.05, 4.69) is 25.9 Å². The zero-order chi connectivity index (χ0) is 17.1. The van der Waals surface area contributed by atoms with Crippen molar-refractivity contribution in [2.24, 2.45) is 5.92 Å². The van der Waals surface area contributed by atoms with Crippen LogP contribution < -0.4 is 5.43 Å². The van der Waals surface area contributed by atoms with Gasteiger partial charge in [-0.25, -0.2) is 14.8 Å². The third-order valence-corrected chi connectivity index (χ3v) is 4.39. The molecule has 0 spiro atoms. The van der Waals surface area contributed by atoms with E-state index in [0.717, 1.165) is 12.8 Å². The maximum atomic E-state index is 12.4. The van der Waals surface area contributed by atoms with Crippen LogP contribution in [0.4, 0.5) is 0 Å². The predicted octanol–water partition coefficient (Wildman–Crippen LogP) is 2.19. The summed E-state index contributed by atoms with van der Waals surface area (Å²) in [7, 11) is 0. The molecule has 126 valence electrons. The Morgan fingerprint density at radius 2 is 1.96 bits per heavy atom. The minimum absolute atomic E-state index is 0.189. The standard InChI is InChI=1S/C16H16BrN3O4/c17-11-5-18-15(19-6-11)12-8-20(7-10-1-3-24-4-2-10)9-13(14(12)21)16(22)23/h5-6,8-10H,1-4,7H2,(H,22,23). The smallest absolute Gasteiger partial charge is 0.341 e. The summed E-state index contributed by atoms with van der Waals surface area (Å²) in [6.45, 7) is 2.05. The first kappa shape index (κ1) is 16.8. The summed E-state index contributed by atoms with van der Waals surface area (Å²) in [6, 6.07) is 0. The van der Waals surface area contributed by atoms with E-state index in [-0.39, 0.29) is 17.0 Å². The number of hydrogen-bond donors (Lipinski definition) is 1. The molecule has 0 amide bonds. The van der Waals surface area contributed by atoms with Crippen LogP contribution in [0.15, 0.2) is 34.1 Å². The maximum Gasteiger partial charge on any atom is 0.341 e.